The number of nitroso groups, excluding NO2 is 1. The van der Waals surface area contributed by atoms with Gasteiger partial charge in [0, 0.05) is 17.1 Å². The third-order valence-corrected chi connectivity index (χ3v) is 4.89. The average molecular weight is 347 g/mol. The summed E-state index contributed by atoms with van der Waals surface area (Å²) in [6.45, 7) is 0. The van der Waals surface area contributed by atoms with Crippen LogP contribution in [0, 0.1) is 4.91 Å². The van der Waals surface area contributed by atoms with Gasteiger partial charge < -0.3 is 9.47 Å². The first kappa shape index (κ1) is 18.3. The number of nitrogens with zero attached hydrogens (tertiary/aromatic N) is 1. The molecule has 1 unspecified atom stereocenters. The van der Waals surface area contributed by atoms with Crippen LogP contribution in [0.1, 0.15) is 19.3 Å². The minimum atomic E-state index is -0.300. The highest BCUT2D eigenvalue weighted by molar-refractivity contribution is 7.99. The second kappa shape index (κ2) is 9.27. The van der Waals surface area contributed by atoms with E-state index in [1.807, 2.05) is 30.3 Å². The van der Waals surface area contributed by atoms with Gasteiger partial charge in [-0.3, -0.25) is 4.79 Å². The third-order valence-electron chi connectivity index (χ3n) is 3.76. The first-order valence-corrected chi connectivity index (χ1v) is 8.74. The number of hydrogen-bond acceptors (Lipinski definition) is 6. The SMILES string of the molecule is COC(=O)CCCC(CSc1ccc2cc(OC)ccc2c1)N=O. The summed E-state index contributed by atoms with van der Waals surface area (Å²) >= 11 is 1.60. The fourth-order valence-electron chi connectivity index (χ4n) is 2.36. The van der Waals surface area contributed by atoms with Crippen molar-refractivity contribution in [3.05, 3.63) is 41.3 Å². The van der Waals surface area contributed by atoms with Crippen molar-refractivity contribution >= 4 is 28.5 Å². The van der Waals surface area contributed by atoms with E-state index in [0.29, 0.717) is 25.0 Å². The average Bonchev–Trinajstić information content (AvgIpc) is 2.63. The summed E-state index contributed by atoms with van der Waals surface area (Å²) < 4.78 is 9.81. The molecule has 2 rings (SSSR count). The molecule has 0 amide bonds. The maximum absolute atomic E-state index is 11.1. The van der Waals surface area contributed by atoms with Crippen molar-refractivity contribution in [2.45, 2.75) is 30.2 Å². The number of carbonyl (C=O) groups excluding carboxylic acids is 1. The molecular formula is C18H21NO4S. The van der Waals surface area contributed by atoms with E-state index in [0.717, 1.165) is 21.4 Å². The van der Waals surface area contributed by atoms with E-state index in [2.05, 4.69) is 16.0 Å². The van der Waals surface area contributed by atoms with Crippen molar-refractivity contribution in [2.24, 2.45) is 5.18 Å². The maximum atomic E-state index is 11.1. The molecule has 0 heterocycles. The topological polar surface area (TPSA) is 65.0 Å². The Labute approximate surface area is 145 Å². The summed E-state index contributed by atoms with van der Waals surface area (Å²) in [4.78, 5) is 23.1. The Balaban J connectivity index is 1.91. The molecule has 0 aliphatic carbocycles. The zero-order chi connectivity index (χ0) is 17.4. The Kier molecular flexibility index (Phi) is 7.06. The lowest BCUT2D eigenvalue weighted by Crippen LogP contribution is -2.09. The van der Waals surface area contributed by atoms with Gasteiger partial charge in [-0.25, -0.2) is 0 Å². The standard InChI is InChI=1S/C18H21NO4S/c1-22-16-8-6-14-11-17(9-7-13(14)10-16)24-12-15(19-21)4-3-5-18(20)23-2/h6-11,15H,3-5,12H2,1-2H3. The minimum absolute atomic E-state index is 0.253. The first-order valence-electron chi connectivity index (χ1n) is 7.76. The van der Waals surface area contributed by atoms with Gasteiger partial charge in [-0.05, 0) is 47.9 Å². The lowest BCUT2D eigenvalue weighted by atomic mass is 10.1. The van der Waals surface area contributed by atoms with Crippen LogP contribution in [0.15, 0.2) is 46.5 Å². The van der Waals surface area contributed by atoms with Crippen molar-refractivity contribution < 1.29 is 14.3 Å². The van der Waals surface area contributed by atoms with E-state index in [1.165, 1.54) is 7.11 Å². The van der Waals surface area contributed by atoms with E-state index >= 15 is 0 Å². The largest absolute Gasteiger partial charge is 0.497 e. The van der Waals surface area contributed by atoms with E-state index in [1.54, 1.807) is 18.9 Å². The summed E-state index contributed by atoms with van der Waals surface area (Å²) in [5, 5.41) is 5.41. The van der Waals surface area contributed by atoms with Gasteiger partial charge in [-0.1, -0.05) is 17.3 Å². The molecule has 24 heavy (non-hydrogen) atoms. The molecule has 0 aromatic heterocycles. The normalized spacial score (nSPS) is 11.9. The highest BCUT2D eigenvalue weighted by atomic mass is 32.2. The molecule has 0 spiro atoms. The lowest BCUT2D eigenvalue weighted by molar-refractivity contribution is -0.140. The van der Waals surface area contributed by atoms with E-state index in [4.69, 9.17) is 4.74 Å². The van der Waals surface area contributed by atoms with Gasteiger partial charge >= 0.3 is 5.97 Å². The summed E-state index contributed by atoms with van der Waals surface area (Å²) in [7, 11) is 3.01. The van der Waals surface area contributed by atoms with Gasteiger partial charge in [0.15, 0.2) is 0 Å². The zero-order valence-electron chi connectivity index (χ0n) is 13.9. The van der Waals surface area contributed by atoms with Crippen LogP contribution >= 0.6 is 11.8 Å². The fourth-order valence-corrected chi connectivity index (χ4v) is 3.35. The van der Waals surface area contributed by atoms with Crippen molar-refractivity contribution in [2.75, 3.05) is 20.0 Å². The summed E-state index contributed by atoms with van der Waals surface area (Å²) in [6.07, 6.45) is 1.53. The highest BCUT2D eigenvalue weighted by Gasteiger charge is 2.11. The molecule has 0 saturated heterocycles. The van der Waals surface area contributed by atoms with Gasteiger partial charge in [0.05, 0.1) is 14.2 Å². The first-order chi connectivity index (χ1) is 11.7. The molecule has 6 heteroatoms. The van der Waals surface area contributed by atoms with Gasteiger partial charge in [0.1, 0.15) is 11.8 Å². The van der Waals surface area contributed by atoms with Crippen LogP contribution < -0.4 is 4.74 Å². The van der Waals surface area contributed by atoms with Gasteiger partial charge in [0.25, 0.3) is 0 Å². The Morgan fingerprint density at radius 1 is 1.17 bits per heavy atom. The minimum Gasteiger partial charge on any atom is -0.497 e. The van der Waals surface area contributed by atoms with Crippen molar-refractivity contribution in [3.8, 4) is 5.75 Å². The van der Waals surface area contributed by atoms with Crippen LogP contribution in [-0.2, 0) is 9.53 Å². The van der Waals surface area contributed by atoms with Crippen molar-refractivity contribution in [1.29, 1.82) is 0 Å². The molecule has 0 N–H and O–H groups in total. The Morgan fingerprint density at radius 2 is 1.92 bits per heavy atom. The zero-order valence-corrected chi connectivity index (χ0v) is 14.7. The molecule has 0 aliphatic rings. The molecule has 0 fully saturated rings. The monoisotopic (exact) mass is 347 g/mol. The van der Waals surface area contributed by atoms with Gasteiger partial charge in [0.2, 0.25) is 0 Å². The van der Waals surface area contributed by atoms with Crippen LogP contribution in [0.25, 0.3) is 10.8 Å². The van der Waals surface area contributed by atoms with Gasteiger partial charge in [-0.2, -0.15) is 4.91 Å². The Hall–Kier alpha value is -2.08. The number of rotatable bonds is 9. The number of ether oxygens (including phenoxy) is 2. The molecule has 0 radical (unpaired) electrons. The fraction of sp³-hybridized carbons (Fsp3) is 0.389. The Bertz CT molecular complexity index is 704. The molecule has 2 aromatic carbocycles. The maximum Gasteiger partial charge on any atom is 0.305 e. The van der Waals surface area contributed by atoms with E-state index in [-0.39, 0.29) is 12.0 Å². The number of hydrogen-bond donors (Lipinski definition) is 0. The predicted molar refractivity (Wildman–Crippen MR) is 96.7 cm³/mol. The molecule has 5 nitrogen and oxygen atoms in total. The van der Waals surface area contributed by atoms with Crippen molar-refractivity contribution in [3.63, 3.8) is 0 Å². The van der Waals surface area contributed by atoms with Crippen molar-refractivity contribution in [1.82, 2.24) is 0 Å². The number of carbonyl (C=O) groups is 1. The molecule has 128 valence electrons. The molecular weight excluding hydrogens is 326 g/mol. The molecule has 2 aromatic rings. The molecule has 1 atom stereocenters. The number of thioether (sulfide) groups is 1. The summed E-state index contributed by atoms with van der Waals surface area (Å²) in [6, 6.07) is 11.8. The number of esters is 1. The second-order valence-corrected chi connectivity index (χ2v) is 6.51. The number of benzene rings is 2. The van der Waals surface area contributed by atoms with Crippen LogP contribution in [-0.4, -0.2) is 32.0 Å². The van der Waals surface area contributed by atoms with Crippen LogP contribution in [0.2, 0.25) is 0 Å². The van der Waals surface area contributed by atoms with Crippen LogP contribution in [0.3, 0.4) is 0 Å². The number of fused-ring (bicyclic) bond motifs is 1. The van der Waals surface area contributed by atoms with E-state index in [9.17, 15) is 9.70 Å². The predicted octanol–water partition coefficient (Wildman–Crippen LogP) is 4.42. The summed E-state index contributed by atoms with van der Waals surface area (Å²) in [5.41, 5.74) is 0. The molecule has 0 saturated carbocycles. The third kappa shape index (κ3) is 5.23. The van der Waals surface area contributed by atoms with Crippen LogP contribution in [0.5, 0.6) is 5.75 Å². The van der Waals surface area contributed by atoms with Gasteiger partial charge in [-0.15, -0.1) is 11.8 Å². The molecule has 0 bridgehead atoms. The smallest absolute Gasteiger partial charge is 0.305 e. The summed E-state index contributed by atoms with van der Waals surface area (Å²) in [5.74, 6) is 1.18. The molecule has 0 aliphatic heterocycles. The Morgan fingerprint density at radius 3 is 2.62 bits per heavy atom. The quantitative estimate of drug-likeness (QED) is 0.382. The van der Waals surface area contributed by atoms with Crippen LogP contribution in [0.4, 0.5) is 0 Å². The highest BCUT2D eigenvalue weighted by Crippen LogP contribution is 2.27. The second-order valence-electron chi connectivity index (χ2n) is 5.41. The van der Waals surface area contributed by atoms with E-state index < -0.39 is 0 Å². The lowest BCUT2D eigenvalue weighted by Gasteiger charge is -2.09. The number of methoxy groups -OCH3 is 2.